The third kappa shape index (κ3) is 3.90. The number of nitrogens with zero attached hydrogens (tertiary/aromatic N) is 5. The van der Waals surface area contributed by atoms with Gasteiger partial charge in [0, 0.05) is 17.3 Å². The van der Waals surface area contributed by atoms with Crippen molar-refractivity contribution >= 4 is 11.6 Å². The number of benzene rings is 1. The van der Waals surface area contributed by atoms with Crippen LogP contribution in [0.5, 0.6) is 0 Å². The summed E-state index contributed by atoms with van der Waals surface area (Å²) in [5, 5.41) is 20.1. The van der Waals surface area contributed by atoms with E-state index >= 15 is 0 Å². The van der Waals surface area contributed by atoms with E-state index in [0.29, 0.717) is 11.4 Å². The maximum Gasteiger partial charge on any atom is 0.247 e. The third-order valence-corrected chi connectivity index (χ3v) is 4.09. The molecule has 0 unspecified atom stereocenters. The fraction of sp³-hybridized carbons (Fsp3) is 0.0500. The topological polar surface area (TPSA) is 96.7 Å². The van der Waals surface area contributed by atoms with Gasteiger partial charge in [-0.15, -0.1) is 10.2 Å². The molecule has 1 aromatic carbocycles. The molecule has 0 aliphatic heterocycles. The number of pyridine rings is 2. The average Bonchev–Trinajstić information content (AvgIpc) is 2.75. The fourth-order valence-electron chi connectivity index (χ4n) is 2.69. The van der Waals surface area contributed by atoms with E-state index in [2.05, 4.69) is 30.5 Å². The molecule has 0 saturated carbocycles. The van der Waals surface area contributed by atoms with E-state index in [1.54, 1.807) is 24.3 Å². The largest absolute Gasteiger partial charge is 0.390 e. The Morgan fingerprint density at radius 3 is 2.41 bits per heavy atom. The maximum absolute atomic E-state index is 14.5. The van der Waals surface area contributed by atoms with Gasteiger partial charge in [0.25, 0.3) is 0 Å². The zero-order chi connectivity index (χ0) is 20.2. The van der Waals surface area contributed by atoms with Crippen LogP contribution in [0.3, 0.4) is 0 Å². The van der Waals surface area contributed by atoms with Crippen molar-refractivity contribution in [2.45, 2.75) is 6.61 Å². The highest BCUT2D eigenvalue weighted by Crippen LogP contribution is 2.32. The van der Waals surface area contributed by atoms with Crippen LogP contribution in [0, 0.1) is 11.6 Å². The van der Waals surface area contributed by atoms with E-state index in [0.717, 1.165) is 6.20 Å². The minimum absolute atomic E-state index is 0.0833. The second-order valence-electron chi connectivity index (χ2n) is 5.99. The highest BCUT2D eigenvalue weighted by atomic mass is 19.1. The number of anilines is 2. The van der Waals surface area contributed by atoms with Crippen LogP contribution in [0.25, 0.3) is 22.5 Å². The lowest BCUT2D eigenvalue weighted by molar-refractivity contribution is 0.277. The Morgan fingerprint density at radius 1 is 0.862 bits per heavy atom. The molecule has 9 heteroatoms. The lowest BCUT2D eigenvalue weighted by Crippen LogP contribution is -2.05. The highest BCUT2D eigenvalue weighted by molar-refractivity contribution is 5.78. The van der Waals surface area contributed by atoms with Crippen molar-refractivity contribution in [2.24, 2.45) is 0 Å². The van der Waals surface area contributed by atoms with Crippen molar-refractivity contribution in [2.75, 3.05) is 5.32 Å². The summed E-state index contributed by atoms with van der Waals surface area (Å²) in [6, 6.07) is 10.8. The number of aliphatic hydroxyl groups is 1. The maximum atomic E-state index is 14.5. The molecule has 29 heavy (non-hydrogen) atoms. The van der Waals surface area contributed by atoms with Gasteiger partial charge in [-0.3, -0.25) is 9.97 Å². The van der Waals surface area contributed by atoms with E-state index in [9.17, 15) is 8.78 Å². The normalized spacial score (nSPS) is 10.7. The summed E-state index contributed by atoms with van der Waals surface area (Å²) >= 11 is 0. The second kappa shape index (κ2) is 8.03. The van der Waals surface area contributed by atoms with Gasteiger partial charge in [0.1, 0.15) is 17.2 Å². The summed E-state index contributed by atoms with van der Waals surface area (Å²) in [5.74, 6) is -1.06. The molecule has 0 aliphatic rings. The van der Waals surface area contributed by atoms with Gasteiger partial charge in [0.05, 0.1) is 30.4 Å². The first-order chi connectivity index (χ1) is 14.2. The van der Waals surface area contributed by atoms with Crippen LogP contribution in [-0.2, 0) is 6.61 Å². The standard InChI is InChI=1S/C20H14F2N6O/c21-16-4-2-1-3-14(16)18-19(15-7-8-23-10-17(15)22)27-28-20(26-18)25-12-5-6-13(11-29)24-9-12/h1-10,29H,11H2,(H,25,26,28). The van der Waals surface area contributed by atoms with Crippen molar-refractivity contribution in [1.82, 2.24) is 25.1 Å². The molecule has 0 radical (unpaired) electrons. The summed E-state index contributed by atoms with van der Waals surface area (Å²) < 4.78 is 28.8. The summed E-state index contributed by atoms with van der Waals surface area (Å²) in [7, 11) is 0. The van der Waals surface area contributed by atoms with E-state index in [1.165, 1.54) is 30.6 Å². The zero-order valence-corrected chi connectivity index (χ0v) is 14.9. The molecule has 0 saturated heterocycles. The monoisotopic (exact) mass is 392 g/mol. The lowest BCUT2D eigenvalue weighted by atomic mass is 10.0. The SMILES string of the molecule is OCc1ccc(Nc2nnc(-c3ccncc3F)c(-c3ccccc3F)n2)cn1. The summed E-state index contributed by atoms with van der Waals surface area (Å²) in [5.41, 5.74) is 1.54. The first kappa shape index (κ1) is 18.5. The molecule has 0 atom stereocenters. The van der Waals surface area contributed by atoms with Crippen molar-refractivity contribution < 1.29 is 13.9 Å². The summed E-state index contributed by atoms with van der Waals surface area (Å²) in [6.07, 6.45) is 3.95. The van der Waals surface area contributed by atoms with Gasteiger partial charge in [-0.25, -0.2) is 13.8 Å². The van der Waals surface area contributed by atoms with Crippen LogP contribution in [0.15, 0.2) is 61.1 Å². The Morgan fingerprint density at radius 2 is 1.69 bits per heavy atom. The van der Waals surface area contributed by atoms with Crippen molar-refractivity contribution in [1.29, 1.82) is 0 Å². The molecule has 0 amide bonds. The Labute approximate surface area is 164 Å². The van der Waals surface area contributed by atoms with E-state index in [4.69, 9.17) is 5.11 Å². The summed E-state index contributed by atoms with van der Waals surface area (Å²) in [6.45, 7) is -0.179. The molecular formula is C20H14F2N6O. The van der Waals surface area contributed by atoms with Gasteiger partial charge in [-0.2, -0.15) is 0 Å². The molecule has 3 aromatic heterocycles. The highest BCUT2D eigenvalue weighted by Gasteiger charge is 2.19. The van der Waals surface area contributed by atoms with Crippen LogP contribution in [0.1, 0.15) is 5.69 Å². The molecule has 144 valence electrons. The van der Waals surface area contributed by atoms with Crippen LogP contribution in [0.4, 0.5) is 20.4 Å². The van der Waals surface area contributed by atoms with Gasteiger partial charge in [0.2, 0.25) is 5.95 Å². The Kier molecular flexibility index (Phi) is 5.12. The van der Waals surface area contributed by atoms with E-state index < -0.39 is 11.6 Å². The minimum Gasteiger partial charge on any atom is -0.390 e. The predicted molar refractivity (Wildman–Crippen MR) is 102 cm³/mol. The smallest absolute Gasteiger partial charge is 0.247 e. The number of hydrogen-bond acceptors (Lipinski definition) is 7. The molecule has 4 aromatic rings. The fourth-order valence-corrected chi connectivity index (χ4v) is 2.69. The lowest BCUT2D eigenvalue weighted by Gasteiger charge is -2.11. The van der Waals surface area contributed by atoms with Gasteiger partial charge < -0.3 is 10.4 Å². The number of halogens is 2. The zero-order valence-electron chi connectivity index (χ0n) is 14.9. The first-order valence-electron chi connectivity index (χ1n) is 8.58. The van der Waals surface area contributed by atoms with Gasteiger partial charge >= 0.3 is 0 Å². The van der Waals surface area contributed by atoms with Crippen LogP contribution >= 0.6 is 0 Å². The quantitative estimate of drug-likeness (QED) is 0.536. The number of aromatic nitrogens is 5. The first-order valence-corrected chi connectivity index (χ1v) is 8.58. The van der Waals surface area contributed by atoms with Crippen LogP contribution in [0.2, 0.25) is 0 Å². The van der Waals surface area contributed by atoms with Crippen molar-refractivity contribution in [3.63, 3.8) is 0 Å². The number of aliphatic hydroxyl groups excluding tert-OH is 1. The van der Waals surface area contributed by atoms with Gasteiger partial charge in [-0.1, -0.05) is 12.1 Å². The van der Waals surface area contributed by atoms with E-state index in [1.807, 2.05) is 0 Å². The predicted octanol–water partition coefficient (Wildman–Crippen LogP) is 3.51. The Balaban J connectivity index is 1.81. The molecular weight excluding hydrogens is 378 g/mol. The van der Waals surface area contributed by atoms with Crippen LogP contribution in [-0.4, -0.2) is 30.3 Å². The summed E-state index contributed by atoms with van der Waals surface area (Å²) in [4.78, 5) is 12.2. The van der Waals surface area contributed by atoms with Gasteiger partial charge in [0.15, 0.2) is 5.82 Å². The molecule has 0 aliphatic carbocycles. The average molecular weight is 392 g/mol. The molecule has 0 fully saturated rings. The molecule has 0 spiro atoms. The Hall–Kier alpha value is -3.85. The molecule has 4 rings (SSSR count). The third-order valence-electron chi connectivity index (χ3n) is 4.09. The van der Waals surface area contributed by atoms with Crippen molar-refractivity contribution in [3.8, 4) is 22.5 Å². The number of rotatable bonds is 5. The molecule has 7 nitrogen and oxygen atoms in total. The molecule has 2 N–H and O–H groups in total. The minimum atomic E-state index is -0.620. The molecule has 0 bridgehead atoms. The second-order valence-corrected chi connectivity index (χ2v) is 5.99. The number of hydrogen-bond donors (Lipinski definition) is 2. The molecule has 3 heterocycles. The Bertz CT molecular complexity index is 1150. The van der Waals surface area contributed by atoms with Crippen molar-refractivity contribution in [3.05, 3.63) is 78.4 Å². The van der Waals surface area contributed by atoms with Crippen LogP contribution < -0.4 is 5.32 Å². The number of nitrogens with one attached hydrogen (secondary N) is 1. The van der Waals surface area contributed by atoms with E-state index in [-0.39, 0.29) is 35.1 Å². The van der Waals surface area contributed by atoms with Gasteiger partial charge in [-0.05, 0) is 30.3 Å².